The fourth-order valence-corrected chi connectivity index (χ4v) is 3.06. The van der Waals surface area contributed by atoms with Crippen LogP contribution in [0.5, 0.6) is 0 Å². The van der Waals surface area contributed by atoms with Gasteiger partial charge in [0.2, 0.25) is 0 Å². The van der Waals surface area contributed by atoms with Crippen LogP contribution in [-0.4, -0.2) is 37.1 Å². The second-order valence-electron chi connectivity index (χ2n) is 5.22. The summed E-state index contributed by atoms with van der Waals surface area (Å²) in [6, 6.07) is 7.37. The third-order valence-corrected chi connectivity index (χ3v) is 4.08. The fraction of sp³-hybridized carbons (Fsp3) is 0.467. The van der Waals surface area contributed by atoms with Gasteiger partial charge in [0.15, 0.2) is 0 Å². The lowest BCUT2D eigenvalue weighted by Crippen LogP contribution is -2.34. The van der Waals surface area contributed by atoms with Gasteiger partial charge in [-0.05, 0) is 43.1 Å². The zero-order valence-electron chi connectivity index (χ0n) is 11.3. The van der Waals surface area contributed by atoms with E-state index in [9.17, 15) is 4.39 Å². The van der Waals surface area contributed by atoms with Gasteiger partial charge >= 0.3 is 0 Å². The van der Waals surface area contributed by atoms with E-state index in [-0.39, 0.29) is 30.6 Å². The highest BCUT2D eigenvalue weighted by molar-refractivity contribution is 5.85. The number of rotatable bonds is 3. The highest BCUT2D eigenvalue weighted by Gasteiger charge is 2.36. The fourth-order valence-electron chi connectivity index (χ4n) is 3.06. The standard InChI is InChI=1S/C15H19FN2.2ClH/c16-14-5-3-12(4-6-14)2-1-8-18-9-7-13-10-17-11-15(13)18;;/h1-6,13,15,17H,7-11H2;2*1H/b2-1+;;/t13-,15+;;/m0../s1. The first-order valence-corrected chi connectivity index (χ1v) is 6.70. The number of hydrogen-bond donors (Lipinski definition) is 1. The van der Waals surface area contributed by atoms with Crippen molar-refractivity contribution in [3.63, 3.8) is 0 Å². The van der Waals surface area contributed by atoms with E-state index in [2.05, 4.69) is 22.4 Å². The molecule has 1 aromatic rings. The summed E-state index contributed by atoms with van der Waals surface area (Å²) in [5.41, 5.74) is 1.07. The Balaban J connectivity index is 0.000001000. The number of likely N-dealkylation sites (tertiary alicyclic amines) is 1. The Hall–Kier alpha value is -0.610. The third kappa shape index (κ3) is 3.95. The highest BCUT2D eigenvalue weighted by Crippen LogP contribution is 2.26. The Bertz CT molecular complexity index is 436. The minimum absolute atomic E-state index is 0. The molecule has 3 rings (SSSR count). The smallest absolute Gasteiger partial charge is 0.123 e. The predicted molar refractivity (Wildman–Crippen MR) is 86.3 cm³/mol. The molecule has 0 spiro atoms. The van der Waals surface area contributed by atoms with Gasteiger partial charge in [0.05, 0.1) is 0 Å². The lowest BCUT2D eigenvalue weighted by Gasteiger charge is -2.21. The van der Waals surface area contributed by atoms with Crippen LogP contribution in [0.4, 0.5) is 4.39 Å². The molecule has 2 aliphatic heterocycles. The van der Waals surface area contributed by atoms with Crippen molar-refractivity contribution in [3.05, 3.63) is 41.7 Å². The zero-order valence-corrected chi connectivity index (χ0v) is 12.9. The molecule has 5 heteroatoms. The SMILES string of the molecule is Cl.Cl.Fc1ccc(/C=C/CN2CC[C@H]3CNC[C@H]32)cc1. The molecule has 1 aromatic carbocycles. The van der Waals surface area contributed by atoms with E-state index in [0.29, 0.717) is 0 Å². The van der Waals surface area contributed by atoms with Crippen LogP contribution in [0, 0.1) is 11.7 Å². The summed E-state index contributed by atoms with van der Waals surface area (Å²) in [6.07, 6.45) is 5.59. The molecule has 2 nitrogen and oxygen atoms in total. The van der Waals surface area contributed by atoms with Crippen LogP contribution in [0.1, 0.15) is 12.0 Å². The van der Waals surface area contributed by atoms with Crippen molar-refractivity contribution in [2.24, 2.45) is 5.92 Å². The maximum Gasteiger partial charge on any atom is 0.123 e. The molecule has 2 aliphatic rings. The van der Waals surface area contributed by atoms with E-state index in [0.717, 1.165) is 30.6 Å². The third-order valence-electron chi connectivity index (χ3n) is 4.08. The Morgan fingerprint density at radius 2 is 1.95 bits per heavy atom. The summed E-state index contributed by atoms with van der Waals surface area (Å²) in [4.78, 5) is 2.55. The van der Waals surface area contributed by atoms with Crippen molar-refractivity contribution in [2.75, 3.05) is 26.2 Å². The number of fused-ring (bicyclic) bond motifs is 1. The van der Waals surface area contributed by atoms with E-state index in [1.54, 1.807) is 0 Å². The number of benzene rings is 1. The van der Waals surface area contributed by atoms with Gasteiger partial charge in [0.25, 0.3) is 0 Å². The van der Waals surface area contributed by atoms with Crippen LogP contribution >= 0.6 is 24.8 Å². The summed E-state index contributed by atoms with van der Waals surface area (Å²) in [5, 5.41) is 3.46. The van der Waals surface area contributed by atoms with Gasteiger partial charge in [0, 0.05) is 19.1 Å². The van der Waals surface area contributed by atoms with Gasteiger partial charge in [-0.3, -0.25) is 4.90 Å². The number of nitrogens with one attached hydrogen (secondary N) is 1. The van der Waals surface area contributed by atoms with Gasteiger partial charge in [-0.15, -0.1) is 24.8 Å². The van der Waals surface area contributed by atoms with Crippen molar-refractivity contribution in [3.8, 4) is 0 Å². The minimum Gasteiger partial charge on any atom is -0.315 e. The molecule has 0 saturated carbocycles. The van der Waals surface area contributed by atoms with Crippen molar-refractivity contribution in [2.45, 2.75) is 12.5 Å². The molecule has 2 atom stereocenters. The monoisotopic (exact) mass is 318 g/mol. The normalized spacial score (nSPS) is 25.2. The van der Waals surface area contributed by atoms with Crippen LogP contribution in [0.3, 0.4) is 0 Å². The molecular formula is C15H21Cl2FN2. The molecule has 0 aromatic heterocycles. The molecule has 0 aliphatic carbocycles. The van der Waals surface area contributed by atoms with Gasteiger partial charge in [0.1, 0.15) is 5.82 Å². The van der Waals surface area contributed by atoms with Crippen molar-refractivity contribution < 1.29 is 4.39 Å². The van der Waals surface area contributed by atoms with E-state index in [1.807, 2.05) is 12.1 Å². The topological polar surface area (TPSA) is 15.3 Å². The van der Waals surface area contributed by atoms with E-state index >= 15 is 0 Å². The Labute approximate surface area is 132 Å². The Morgan fingerprint density at radius 1 is 1.20 bits per heavy atom. The van der Waals surface area contributed by atoms with Gasteiger partial charge < -0.3 is 5.32 Å². The molecule has 20 heavy (non-hydrogen) atoms. The maximum atomic E-state index is 12.8. The first-order chi connectivity index (χ1) is 8.83. The van der Waals surface area contributed by atoms with Crippen LogP contribution < -0.4 is 5.32 Å². The van der Waals surface area contributed by atoms with Crippen molar-refractivity contribution in [1.82, 2.24) is 10.2 Å². The minimum atomic E-state index is -0.174. The van der Waals surface area contributed by atoms with E-state index < -0.39 is 0 Å². The maximum absolute atomic E-state index is 12.8. The highest BCUT2D eigenvalue weighted by atomic mass is 35.5. The molecule has 0 radical (unpaired) electrons. The largest absolute Gasteiger partial charge is 0.315 e. The first kappa shape index (κ1) is 17.4. The summed E-state index contributed by atoms with van der Waals surface area (Å²) < 4.78 is 12.8. The van der Waals surface area contributed by atoms with Crippen molar-refractivity contribution >= 4 is 30.9 Å². The average molecular weight is 319 g/mol. The quantitative estimate of drug-likeness (QED) is 0.921. The molecule has 2 heterocycles. The summed E-state index contributed by atoms with van der Waals surface area (Å²) in [6.45, 7) is 4.53. The van der Waals surface area contributed by atoms with Gasteiger partial charge in [-0.25, -0.2) is 4.39 Å². The Kier molecular flexibility index (Phi) is 6.96. The second kappa shape index (κ2) is 7.99. The van der Waals surface area contributed by atoms with E-state index in [1.165, 1.54) is 31.6 Å². The second-order valence-corrected chi connectivity index (χ2v) is 5.22. The number of halogens is 3. The number of hydrogen-bond acceptors (Lipinski definition) is 2. The molecule has 0 bridgehead atoms. The molecule has 0 unspecified atom stereocenters. The predicted octanol–water partition coefficient (Wildman–Crippen LogP) is 2.98. The van der Waals surface area contributed by atoms with E-state index in [4.69, 9.17) is 0 Å². The summed E-state index contributed by atoms with van der Waals surface area (Å²) >= 11 is 0. The molecule has 2 fully saturated rings. The first-order valence-electron chi connectivity index (χ1n) is 6.70. The lowest BCUT2D eigenvalue weighted by atomic mass is 10.1. The van der Waals surface area contributed by atoms with Crippen LogP contribution in [-0.2, 0) is 0 Å². The molecule has 112 valence electrons. The molecule has 0 amide bonds. The zero-order chi connectivity index (χ0) is 12.4. The van der Waals surface area contributed by atoms with Crippen LogP contribution in [0.25, 0.3) is 6.08 Å². The molecule has 1 N–H and O–H groups in total. The number of nitrogens with zero attached hydrogens (tertiary/aromatic N) is 1. The molecule has 2 saturated heterocycles. The Morgan fingerprint density at radius 3 is 2.70 bits per heavy atom. The van der Waals surface area contributed by atoms with Crippen molar-refractivity contribution in [1.29, 1.82) is 0 Å². The lowest BCUT2D eigenvalue weighted by molar-refractivity contribution is 0.279. The summed E-state index contributed by atoms with van der Waals surface area (Å²) in [7, 11) is 0. The van der Waals surface area contributed by atoms with Crippen LogP contribution in [0.15, 0.2) is 30.3 Å². The van der Waals surface area contributed by atoms with Gasteiger partial charge in [-0.2, -0.15) is 0 Å². The summed E-state index contributed by atoms with van der Waals surface area (Å²) in [5.74, 6) is 0.677. The molecular weight excluding hydrogens is 298 g/mol. The van der Waals surface area contributed by atoms with Gasteiger partial charge in [-0.1, -0.05) is 24.3 Å². The average Bonchev–Trinajstić information content (AvgIpc) is 2.96. The van der Waals surface area contributed by atoms with Crippen LogP contribution in [0.2, 0.25) is 0 Å².